The highest BCUT2D eigenvalue weighted by Crippen LogP contribution is 2.09. The molecule has 20 heavy (non-hydrogen) atoms. The number of carbonyl (C=O) groups is 1. The van der Waals surface area contributed by atoms with Gasteiger partial charge in [0.1, 0.15) is 5.82 Å². The van der Waals surface area contributed by atoms with Crippen LogP contribution in [0, 0.1) is 17.7 Å². The molecule has 1 amide bonds. The minimum absolute atomic E-state index is 0.0469. The molecular formula is C14H16FNO3S. The van der Waals surface area contributed by atoms with Crippen LogP contribution in [0.25, 0.3) is 0 Å². The summed E-state index contributed by atoms with van der Waals surface area (Å²) >= 11 is 0. The Kier molecular flexibility index (Phi) is 6.91. The molecule has 4 nitrogen and oxygen atoms in total. The van der Waals surface area contributed by atoms with Crippen LogP contribution in [0.3, 0.4) is 0 Å². The van der Waals surface area contributed by atoms with Crippen LogP contribution in [0.4, 0.5) is 4.39 Å². The van der Waals surface area contributed by atoms with E-state index in [0.717, 1.165) is 0 Å². The number of carbonyl (C=O) groups excluding carboxylic acids is 1. The third-order valence-electron chi connectivity index (χ3n) is 2.36. The Balaban J connectivity index is 2.70. The molecule has 0 aliphatic carbocycles. The second kappa shape index (κ2) is 8.46. The largest absolute Gasteiger partial charge is 0.395 e. The van der Waals surface area contributed by atoms with Crippen molar-refractivity contribution in [1.82, 2.24) is 5.32 Å². The quantitative estimate of drug-likeness (QED) is 0.785. The van der Waals surface area contributed by atoms with Crippen LogP contribution in [0.2, 0.25) is 0 Å². The summed E-state index contributed by atoms with van der Waals surface area (Å²) in [5.74, 6) is 4.50. The van der Waals surface area contributed by atoms with E-state index < -0.39 is 22.5 Å². The van der Waals surface area contributed by atoms with Crippen molar-refractivity contribution in [2.24, 2.45) is 0 Å². The lowest BCUT2D eigenvalue weighted by atomic mass is 10.1. The normalized spacial score (nSPS) is 11.3. The molecule has 1 aromatic carbocycles. The molecule has 0 fully saturated rings. The van der Waals surface area contributed by atoms with Crippen LogP contribution < -0.4 is 5.32 Å². The van der Waals surface area contributed by atoms with Crippen LogP contribution in [-0.4, -0.2) is 40.4 Å². The molecule has 0 aliphatic heterocycles. The molecule has 108 valence electrons. The predicted octanol–water partition coefficient (Wildman–Crippen LogP) is 0.668. The summed E-state index contributed by atoms with van der Waals surface area (Å²) in [6, 6.07) is 4.08. The number of nitrogens with one attached hydrogen (secondary N) is 1. The van der Waals surface area contributed by atoms with Crippen molar-refractivity contribution in [3.63, 3.8) is 0 Å². The molecule has 0 bridgehead atoms. The maximum atomic E-state index is 13.8. The van der Waals surface area contributed by atoms with E-state index in [4.69, 9.17) is 5.11 Å². The zero-order valence-corrected chi connectivity index (χ0v) is 11.9. The molecule has 6 heteroatoms. The van der Waals surface area contributed by atoms with E-state index >= 15 is 0 Å². The molecule has 0 aliphatic rings. The molecule has 0 radical (unpaired) electrons. The summed E-state index contributed by atoms with van der Waals surface area (Å²) in [5, 5.41) is 11.1. The first-order chi connectivity index (χ1) is 9.54. The summed E-state index contributed by atoms with van der Waals surface area (Å²) in [5.41, 5.74) is 0.377. The third-order valence-corrected chi connectivity index (χ3v) is 3.14. The minimum Gasteiger partial charge on any atom is -0.395 e. The van der Waals surface area contributed by atoms with Gasteiger partial charge >= 0.3 is 0 Å². The average Bonchev–Trinajstić information content (AvgIpc) is 2.38. The number of aliphatic hydroxyl groups excluding tert-OH is 1. The zero-order valence-electron chi connectivity index (χ0n) is 11.1. The van der Waals surface area contributed by atoms with Crippen LogP contribution >= 0.6 is 0 Å². The first kappa shape index (κ1) is 16.3. The fourth-order valence-electron chi connectivity index (χ4n) is 1.40. The summed E-state index contributed by atoms with van der Waals surface area (Å²) in [7, 11) is -0.999. The van der Waals surface area contributed by atoms with Crippen molar-refractivity contribution < 1.29 is 18.5 Å². The van der Waals surface area contributed by atoms with Crippen molar-refractivity contribution in [3.8, 4) is 11.8 Å². The topological polar surface area (TPSA) is 66.4 Å². The van der Waals surface area contributed by atoms with Crippen molar-refractivity contribution in [2.45, 2.75) is 6.42 Å². The second-order valence-corrected chi connectivity index (χ2v) is 5.56. The lowest BCUT2D eigenvalue weighted by Gasteiger charge is -2.05. The molecule has 0 saturated carbocycles. The maximum Gasteiger partial charge on any atom is 0.254 e. The van der Waals surface area contributed by atoms with E-state index in [1.807, 2.05) is 0 Å². The summed E-state index contributed by atoms with van der Waals surface area (Å²) in [6.45, 7) is 0.189. The highest BCUT2D eigenvalue weighted by Gasteiger charge is 2.11. The highest BCUT2D eigenvalue weighted by molar-refractivity contribution is 7.84. The predicted molar refractivity (Wildman–Crippen MR) is 76.2 cm³/mol. The SMILES string of the molecule is CS(=O)CCNC(=O)c1ccc(C#CCCO)cc1F. The van der Waals surface area contributed by atoms with Crippen molar-refractivity contribution in [3.05, 3.63) is 35.1 Å². The molecule has 0 aromatic heterocycles. The molecule has 0 heterocycles. The Bertz CT molecular complexity index is 563. The van der Waals surface area contributed by atoms with E-state index in [9.17, 15) is 13.4 Å². The van der Waals surface area contributed by atoms with Gasteiger partial charge in [0.25, 0.3) is 5.91 Å². The number of amides is 1. The average molecular weight is 297 g/mol. The molecule has 1 atom stereocenters. The van der Waals surface area contributed by atoms with Gasteiger partial charge in [-0.05, 0) is 18.2 Å². The Morgan fingerprint density at radius 1 is 1.50 bits per heavy atom. The van der Waals surface area contributed by atoms with Crippen LogP contribution in [0.15, 0.2) is 18.2 Å². The van der Waals surface area contributed by atoms with Gasteiger partial charge in [0.15, 0.2) is 0 Å². The van der Waals surface area contributed by atoms with E-state index in [2.05, 4.69) is 17.2 Å². The van der Waals surface area contributed by atoms with E-state index in [-0.39, 0.29) is 18.7 Å². The van der Waals surface area contributed by atoms with Crippen molar-refractivity contribution in [1.29, 1.82) is 0 Å². The Morgan fingerprint density at radius 2 is 2.25 bits per heavy atom. The van der Waals surface area contributed by atoms with Gasteiger partial charge in [-0.2, -0.15) is 0 Å². The zero-order chi connectivity index (χ0) is 15.0. The fraction of sp³-hybridized carbons (Fsp3) is 0.357. The first-order valence-corrected chi connectivity index (χ1v) is 7.75. The summed E-state index contributed by atoms with van der Waals surface area (Å²) in [4.78, 5) is 11.7. The summed E-state index contributed by atoms with van der Waals surface area (Å²) < 4.78 is 24.6. The maximum absolute atomic E-state index is 13.8. The van der Waals surface area contributed by atoms with Gasteiger partial charge in [-0.25, -0.2) is 4.39 Å². The number of rotatable bonds is 5. The number of benzene rings is 1. The molecule has 0 saturated heterocycles. The van der Waals surface area contributed by atoms with E-state index in [0.29, 0.717) is 17.7 Å². The third kappa shape index (κ3) is 5.51. The van der Waals surface area contributed by atoms with Gasteiger partial charge in [0, 0.05) is 41.3 Å². The van der Waals surface area contributed by atoms with Gasteiger partial charge in [-0.1, -0.05) is 11.8 Å². The molecule has 1 rings (SSSR count). The Hall–Kier alpha value is -1.71. The Morgan fingerprint density at radius 3 is 2.85 bits per heavy atom. The lowest BCUT2D eigenvalue weighted by Crippen LogP contribution is -2.28. The van der Waals surface area contributed by atoms with Crippen LogP contribution in [-0.2, 0) is 10.8 Å². The van der Waals surface area contributed by atoms with Gasteiger partial charge in [0.05, 0.1) is 12.2 Å². The smallest absolute Gasteiger partial charge is 0.254 e. The number of aliphatic hydroxyl groups is 1. The molecule has 2 N–H and O–H groups in total. The van der Waals surface area contributed by atoms with Gasteiger partial charge in [0.2, 0.25) is 0 Å². The van der Waals surface area contributed by atoms with E-state index in [1.165, 1.54) is 18.4 Å². The highest BCUT2D eigenvalue weighted by atomic mass is 32.2. The summed E-state index contributed by atoms with van der Waals surface area (Å²) in [6.07, 6.45) is 1.85. The molecule has 1 unspecified atom stereocenters. The number of halogens is 1. The standard InChI is InChI=1S/C14H16FNO3S/c1-20(19)9-7-16-14(18)12-6-5-11(10-13(12)15)4-2-3-8-17/h5-6,10,17H,3,7-9H2,1H3,(H,16,18). The van der Waals surface area contributed by atoms with Gasteiger partial charge in [-0.3, -0.25) is 9.00 Å². The minimum atomic E-state index is -0.999. The number of hydrogen-bond donors (Lipinski definition) is 2. The molecule has 0 spiro atoms. The van der Waals surface area contributed by atoms with E-state index in [1.54, 1.807) is 6.07 Å². The molecular weight excluding hydrogens is 281 g/mol. The number of hydrogen-bond acceptors (Lipinski definition) is 3. The monoisotopic (exact) mass is 297 g/mol. The van der Waals surface area contributed by atoms with Gasteiger partial charge < -0.3 is 10.4 Å². The second-order valence-electron chi connectivity index (χ2n) is 4.00. The lowest BCUT2D eigenvalue weighted by molar-refractivity contribution is 0.0952. The fourth-order valence-corrected chi connectivity index (χ4v) is 1.79. The molecule has 1 aromatic rings. The van der Waals surface area contributed by atoms with Crippen LogP contribution in [0.5, 0.6) is 0 Å². The van der Waals surface area contributed by atoms with Crippen molar-refractivity contribution >= 4 is 16.7 Å². The van der Waals surface area contributed by atoms with Gasteiger partial charge in [-0.15, -0.1) is 0 Å². The first-order valence-electron chi connectivity index (χ1n) is 6.02. The Labute approximate surface area is 119 Å². The van der Waals surface area contributed by atoms with Crippen LogP contribution in [0.1, 0.15) is 22.3 Å². The van der Waals surface area contributed by atoms with Crippen molar-refractivity contribution in [2.75, 3.05) is 25.2 Å².